The maximum Gasteiger partial charge on any atom is 0.303 e. The van der Waals surface area contributed by atoms with Crippen molar-refractivity contribution >= 4 is 23.3 Å². The van der Waals surface area contributed by atoms with Gasteiger partial charge in [-0.05, 0) is 43.7 Å². The summed E-state index contributed by atoms with van der Waals surface area (Å²) in [7, 11) is 0. The van der Waals surface area contributed by atoms with Gasteiger partial charge < -0.3 is 9.64 Å². The zero-order valence-corrected chi connectivity index (χ0v) is 15.5. The van der Waals surface area contributed by atoms with E-state index in [-0.39, 0.29) is 18.4 Å². The van der Waals surface area contributed by atoms with Gasteiger partial charge in [-0.3, -0.25) is 14.6 Å². The number of benzene rings is 2. The number of halogens is 1. The predicted octanol–water partition coefficient (Wildman–Crippen LogP) is 3.65. The van der Waals surface area contributed by atoms with E-state index in [4.69, 9.17) is 4.74 Å². The monoisotopic (exact) mass is 368 g/mol. The molecule has 0 aliphatic carbocycles. The van der Waals surface area contributed by atoms with Crippen LogP contribution in [0.15, 0.2) is 47.5 Å². The molecule has 6 heteroatoms. The molecule has 0 bridgehead atoms. The molecule has 0 aromatic heterocycles. The minimum Gasteiger partial charge on any atom is -0.458 e. The van der Waals surface area contributed by atoms with Gasteiger partial charge in [0.15, 0.2) is 0 Å². The summed E-state index contributed by atoms with van der Waals surface area (Å²) in [6.07, 6.45) is -0.469. The number of hydrogen-bond donors (Lipinski definition) is 0. The van der Waals surface area contributed by atoms with Crippen molar-refractivity contribution in [1.29, 1.82) is 0 Å². The highest BCUT2D eigenvalue weighted by atomic mass is 19.1. The van der Waals surface area contributed by atoms with Gasteiger partial charge >= 0.3 is 5.97 Å². The van der Waals surface area contributed by atoms with Gasteiger partial charge in [0.25, 0.3) is 0 Å². The van der Waals surface area contributed by atoms with Crippen LogP contribution in [0.1, 0.15) is 43.6 Å². The molecule has 1 heterocycles. The van der Waals surface area contributed by atoms with Crippen LogP contribution in [0.2, 0.25) is 0 Å². The predicted molar refractivity (Wildman–Crippen MR) is 102 cm³/mol. The van der Waals surface area contributed by atoms with E-state index in [9.17, 15) is 14.0 Å². The van der Waals surface area contributed by atoms with Crippen LogP contribution in [-0.2, 0) is 14.3 Å². The molecule has 1 amide bonds. The Morgan fingerprint density at radius 2 is 2.00 bits per heavy atom. The Hall–Kier alpha value is -3.02. The number of amides is 1. The molecule has 1 unspecified atom stereocenters. The SMILES string of the molecule is CCN1C(=O)CN=C(c2ccccc2F)c2cc(C(C)OC(C)=O)ccc21. The van der Waals surface area contributed by atoms with E-state index in [0.29, 0.717) is 29.1 Å². The van der Waals surface area contributed by atoms with Gasteiger partial charge in [0.2, 0.25) is 5.91 Å². The van der Waals surface area contributed by atoms with Crippen molar-refractivity contribution < 1.29 is 18.7 Å². The summed E-state index contributed by atoms with van der Waals surface area (Å²) in [6, 6.07) is 11.8. The molecule has 0 saturated heterocycles. The van der Waals surface area contributed by atoms with Gasteiger partial charge in [0, 0.05) is 24.6 Å². The van der Waals surface area contributed by atoms with Crippen molar-refractivity contribution in [3.8, 4) is 0 Å². The first kappa shape index (κ1) is 18.8. The molecule has 1 atom stereocenters. The molecule has 0 N–H and O–H groups in total. The molecule has 1 aliphatic rings. The third-order valence-electron chi connectivity index (χ3n) is 4.50. The fraction of sp³-hybridized carbons (Fsp3) is 0.286. The van der Waals surface area contributed by atoms with Crippen LogP contribution in [0.5, 0.6) is 0 Å². The molecule has 27 heavy (non-hydrogen) atoms. The van der Waals surface area contributed by atoms with Crippen molar-refractivity contribution in [1.82, 2.24) is 0 Å². The summed E-state index contributed by atoms with van der Waals surface area (Å²) in [5, 5.41) is 0. The number of ether oxygens (including phenoxy) is 1. The number of aliphatic imine (C=N–C) groups is 1. The third kappa shape index (κ3) is 3.74. The number of carbonyl (C=O) groups excluding carboxylic acids is 2. The molecule has 2 aromatic rings. The fourth-order valence-electron chi connectivity index (χ4n) is 3.23. The second kappa shape index (κ2) is 7.70. The van der Waals surface area contributed by atoms with Crippen LogP contribution in [0, 0.1) is 5.82 Å². The highest BCUT2D eigenvalue weighted by Crippen LogP contribution is 2.31. The van der Waals surface area contributed by atoms with Crippen molar-refractivity contribution in [2.24, 2.45) is 4.99 Å². The van der Waals surface area contributed by atoms with E-state index >= 15 is 0 Å². The Bertz CT molecular complexity index is 923. The number of anilines is 1. The average molecular weight is 368 g/mol. The lowest BCUT2D eigenvalue weighted by Crippen LogP contribution is -2.32. The van der Waals surface area contributed by atoms with E-state index in [1.165, 1.54) is 13.0 Å². The number of fused-ring (bicyclic) bond motifs is 1. The minimum atomic E-state index is -0.469. The Labute approximate surface area is 157 Å². The Balaban J connectivity index is 2.19. The van der Waals surface area contributed by atoms with E-state index in [0.717, 1.165) is 5.56 Å². The molecular formula is C21H21FN2O3. The maximum atomic E-state index is 14.5. The van der Waals surface area contributed by atoms with E-state index < -0.39 is 11.9 Å². The number of benzodiazepines with no additional fused rings is 1. The first-order valence-corrected chi connectivity index (χ1v) is 8.83. The zero-order chi connectivity index (χ0) is 19.6. The number of esters is 1. The van der Waals surface area contributed by atoms with Gasteiger partial charge in [-0.2, -0.15) is 0 Å². The van der Waals surface area contributed by atoms with Crippen molar-refractivity contribution in [3.63, 3.8) is 0 Å². The molecule has 0 fully saturated rings. The molecule has 0 spiro atoms. The van der Waals surface area contributed by atoms with Crippen LogP contribution in [0.3, 0.4) is 0 Å². The third-order valence-corrected chi connectivity index (χ3v) is 4.50. The molecule has 0 radical (unpaired) electrons. The first-order valence-electron chi connectivity index (χ1n) is 8.83. The van der Waals surface area contributed by atoms with Crippen LogP contribution in [-0.4, -0.2) is 30.7 Å². The quantitative estimate of drug-likeness (QED) is 0.774. The smallest absolute Gasteiger partial charge is 0.303 e. The van der Waals surface area contributed by atoms with Gasteiger partial charge in [-0.15, -0.1) is 0 Å². The Morgan fingerprint density at radius 1 is 1.26 bits per heavy atom. The molecule has 1 aliphatic heterocycles. The Kier molecular flexibility index (Phi) is 5.35. The summed E-state index contributed by atoms with van der Waals surface area (Å²) in [4.78, 5) is 29.8. The highest BCUT2D eigenvalue weighted by Gasteiger charge is 2.26. The summed E-state index contributed by atoms with van der Waals surface area (Å²) in [6.45, 7) is 5.42. The highest BCUT2D eigenvalue weighted by molar-refractivity contribution is 6.19. The van der Waals surface area contributed by atoms with Crippen LogP contribution < -0.4 is 4.90 Å². The topological polar surface area (TPSA) is 59.0 Å². The fourth-order valence-corrected chi connectivity index (χ4v) is 3.23. The van der Waals surface area contributed by atoms with Crippen molar-refractivity contribution in [2.45, 2.75) is 26.9 Å². The molecule has 2 aromatic carbocycles. The number of nitrogens with zero attached hydrogens (tertiary/aromatic N) is 2. The molecule has 3 rings (SSSR count). The lowest BCUT2D eigenvalue weighted by Gasteiger charge is -2.23. The molecular weight excluding hydrogens is 347 g/mol. The lowest BCUT2D eigenvalue weighted by molar-refractivity contribution is -0.145. The largest absolute Gasteiger partial charge is 0.458 e. The standard InChI is InChI=1S/C21H21FN2O3/c1-4-24-19-10-9-15(13(2)27-14(3)25)11-17(19)21(23-12-20(24)26)16-7-5-6-8-18(16)22/h5-11,13H,4,12H2,1-3H3. The summed E-state index contributed by atoms with van der Waals surface area (Å²) < 4.78 is 19.7. The summed E-state index contributed by atoms with van der Waals surface area (Å²) >= 11 is 0. The van der Waals surface area contributed by atoms with E-state index in [2.05, 4.69) is 4.99 Å². The first-order chi connectivity index (χ1) is 12.9. The average Bonchev–Trinajstić information content (AvgIpc) is 2.77. The lowest BCUT2D eigenvalue weighted by atomic mass is 9.96. The second-order valence-electron chi connectivity index (χ2n) is 6.31. The number of carbonyl (C=O) groups is 2. The Morgan fingerprint density at radius 3 is 2.67 bits per heavy atom. The second-order valence-corrected chi connectivity index (χ2v) is 6.31. The minimum absolute atomic E-state index is 0.0545. The zero-order valence-electron chi connectivity index (χ0n) is 15.5. The number of rotatable bonds is 4. The van der Waals surface area contributed by atoms with Gasteiger partial charge in [-0.25, -0.2) is 4.39 Å². The maximum absolute atomic E-state index is 14.5. The van der Waals surface area contributed by atoms with Gasteiger partial charge in [0.1, 0.15) is 18.5 Å². The van der Waals surface area contributed by atoms with E-state index in [1.807, 2.05) is 19.1 Å². The van der Waals surface area contributed by atoms with Crippen molar-refractivity contribution in [3.05, 3.63) is 65.0 Å². The summed E-state index contributed by atoms with van der Waals surface area (Å²) in [5.41, 5.74) is 2.81. The molecule has 140 valence electrons. The number of likely N-dealkylation sites (N-methyl/N-ethyl adjacent to an activating group) is 1. The normalized spacial score (nSPS) is 14.9. The van der Waals surface area contributed by atoms with Crippen LogP contribution in [0.4, 0.5) is 10.1 Å². The van der Waals surface area contributed by atoms with Crippen LogP contribution in [0.25, 0.3) is 0 Å². The molecule has 5 nitrogen and oxygen atoms in total. The van der Waals surface area contributed by atoms with Gasteiger partial charge in [0.05, 0.1) is 11.4 Å². The van der Waals surface area contributed by atoms with Crippen molar-refractivity contribution in [2.75, 3.05) is 18.0 Å². The van der Waals surface area contributed by atoms with E-state index in [1.54, 1.807) is 36.1 Å². The molecule has 0 saturated carbocycles. The van der Waals surface area contributed by atoms with Gasteiger partial charge in [-0.1, -0.05) is 18.2 Å². The summed E-state index contributed by atoms with van der Waals surface area (Å²) in [5.74, 6) is -0.935. The van der Waals surface area contributed by atoms with Crippen LogP contribution >= 0.6 is 0 Å². The number of hydrogen-bond acceptors (Lipinski definition) is 4.